The Hall–Kier alpha value is -2.07. The lowest BCUT2D eigenvalue weighted by molar-refractivity contribution is -0.134. The van der Waals surface area contributed by atoms with Crippen molar-refractivity contribution in [2.75, 3.05) is 7.11 Å². The van der Waals surface area contributed by atoms with E-state index >= 15 is 0 Å². The van der Waals surface area contributed by atoms with Gasteiger partial charge in [0.15, 0.2) is 11.6 Å². The molecule has 0 N–H and O–H groups in total. The third kappa shape index (κ3) is 4.21. The van der Waals surface area contributed by atoms with E-state index in [1.807, 2.05) is 13.0 Å². The predicted molar refractivity (Wildman–Crippen MR) is 83.1 cm³/mol. The zero-order chi connectivity index (χ0) is 16.1. The minimum absolute atomic E-state index is 0.135. The SMILES string of the molecule is COc1ccc(CCC(=O)Oc2cc(C)ccc2Cl)cc1F. The molecule has 2 aromatic carbocycles. The van der Waals surface area contributed by atoms with Crippen LogP contribution in [0.25, 0.3) is 0 Å². The molecule has 0 heterocycles. The maximum absolute atomic E-state index is 13.6. The molecule has 0 atom stereocenters. The van der Waals surface area contributed by atoms with Crippen molar-refractivity contribution in [2.45, 2.75) is 19.8 Å². The molecule has 0 amide bonds. The van der Waals surface area contributed by atoms with Crippen molar-refractivity contribution in [1.82, 2.24) is 0 Å². The number of aryl methyl sites for hydroxylation is 2. The van der Waals surface area contributed by atoms with E-state index in [1.165, 1.54) is 19.2 Å². The number of benzene rings is 2. The molecule has 3 nitrogen and oxygen atoms in total. The molecular weight excluding hydrogens is 307 g/mol. The molecule has 0 bridgehead atoms. The van der Waals surface area contributed by atoms with Crippen LogP contribution < -0.4 is 9.47 Å². The van der Waals surface area contributed by atoms with Gasteiger partial charge in [0.25, 0.3) is 0 Å². The van der Waals surface area contributed by atoms with Gasteiger partial charge in [-0.2, -0.15) is 0 Å². The van der Waals surface area contributed by atoms with E-state index in [0.717, 1.165) is 5.56 Å². The Morgan fingerprint density at radius 2 is 1.95 bits per heavy atom. The van der Waals surface area contributed by atoms with Crippen molar-refractivity contribution in [3.63, 3.8) is 0 Å². The van der Waals surface area contributed by atoms with Gasteiger partial charge in [-0.15, -0.1) is 0 Å². The summed E-state index contributed by atoms with van der Waals surface area (Å²) in [4.78, 5) is 11.9. The number of carbonyl (C=O) groups is 1. The fraction of sp³-hybridized carbons (Fsp3) is 0.235. The third-order valence-corrected chi connectivity index (χ3v) is 3.46. The molecule has 0 spiro atoms. The molecular formula is C17H16ClFO3. The van der Waals surface area contributed by atoms with E-state index in [1.54, 1.807) is 18.2 Å². The first-order chi connectivity index (χ1) is 10.5. The highest BCUT2D eigenvalue weighted by Crippen LogP contribution is 2.26. The summed E-state index contributed by atoms with van der Waals surface area (Å²) in [6.45, 7) is 1.88. The maximum Gasteiger partial charge on any atom is 0.311 e. The average molecular weight is 323 g/mol. The van der Waals surface area contributed by atoms with Crippen LogP contribution in [-0.4, -0.2) is 13.1 Å². The number of carbonyl (C=O) groups excluding carboxylic acids is 1. The Bertz CT molecular complexity index is 686. The number of rotatable bonds is 5. The number of methoxy groups -OCH3 is 1. The molecule has 0 aliphatic carbocycles. The molecule has 0 unspecified atom stereocenters. The first-order valence-electron chi connectivity index (χ1n) is 6.79. The second-order valence-corrected chi connectivity index (χ2v) is 5.28. The summed E-state index contributed by atoms with van der Waals surface area (Å²) in [6.07, 6.45) is 0.513. The second kappa shape index (κ2) is 7.27. The molecule has 116 valence electrons. The van der Waals surface area contributed by atoms with E-state index in [4.69, 9.17) is 21.1 Å². The Kier molecular flexibility index (Phi) is 5.39. The Morgan fingerprint density at radius 3 is 2.64 bits per heavy atom. The van der Waals surface area contributed by atoms with Crippen LogP contribution in [-0.2, 0) is 11.2 Å². The highest BCUT2D eigenvalue weighted by Gasteiger charge is 2.10. The summed E-state index contributed by atoms with van der Waals surface area (Å²) in [7, 11) is 1.40. The van der Waals surface area contributed by atoms with E-state index in [0.29, 0.717) is 22.8 Å². The topological polar surface area (TPSA) is 35.5 Å². The molecule has 0 fully saturated rings. The molecule has 0 aliphatic rings. The molecule has 0 aromatic heterocycles. The zero-order valence-corrected chi connectivity index (χ0v) is 13.1. The molecule has 2 rings (SSSR count). The van der Waals surface area contributed by atoms with Crippen molar-refractivity contribution in [3.8, 4) is 11.5 Å². The number of ether oxygens (including phenoxy) is 2. The summed E-state index contributed by atoms with van der Waals surface area (Å²) in [5, 5.41) is 0.384. The Morgan fingerprint density at radius 1 is 1.18 bits per heavy atom. The molecule has 2 aromatic rings. The smallest absolute Gasteiger partial charge is 0.311 e. The lowest BCUT2D eigenvalue weighted by atomic mass is 10.1. The summed E-state index contributed by atoms with van der Waals surface area (Å²) in [5.74, 6) is -0.343. The van der Waals surface area contributed by atoms with E-state index in [-0.39, 0.29) is 12.2 Å². The number of hydrogen-bond donors (Lipinski definition) is 0. The van der Waals surface area contributed by atoms with Crippen LogP contribution in [0.3, 0.4) is 0 Å². The van der Waals surface area contributed by atoms with Crippen LogP contribution in [0, 0.1) is 12.7 Å². The van der Waals surface area contributed by atoms with Gasteiger partial charge in [0.05, 0.1) is 12.1 Å². The van der Waals surface area contributed by atoms with Crippen molar-refractivity contribution in [2.24, 2.45) is 0 Å². The van der Waals surface area contributed by atoms with Crippen LogP contribution in [0.5, 0.6) is 11.5 Å². The van der Waals surface area contributed by atoms with E-state index < -0.39 is 11.8 Å². The maximum atomic E-state index is 13.6. The van der Waals surface area contributed by atoms with Crippen LogP contribution in [0.2, 0.25) is 5.02 Å². The fourth-order valence-electron chi connectivity index (χ4n) is 1.97. The lowest BCUT2D eigenvalue weighted by Gasteiger charge is -2.08. The molecule has 0 saturated carbocycles. The van der Waals surface area contributed by atoms with Crippen LogP contribution in [0.1, 0.15) is 17.5 Å². The zero-order valence-electron chi connectivity index (χ0n) is 12.4. The average Bonchev–Trinajstić information content (AvgIpc) is 2.49. The standard InChI is InChI=1S/C17H16ClFO3/c1-11-3-6-13(18)16(9-11)22-17(20)8-5-12-4-7-15(21-2)14(19)10-12/h3-4,6-7,9-10H,5,8H2,1-2H3. The molecule has 0 radical (unpaired) electrons. The first kappa shape index (κ1) is 16.3. The largest absolute Gasteiger partial charge is 0.494 e. The van der Waals surface area contributed by atoms with Crippen LogP contribution in [0.15, 0.2) is 36.4 Å². The van der Waals surface area contributed by atoms with Gasteiger partial charge in [-0.1, -0.05) is 23.7 Å². The van der Waals surface area contributed by atoms with Gasteiger partial charge in [-0.25, -0.2) is 4.39 Å². The molecule has 0 aliphatic heterocycles. The summed E-state index contributed by atoms with van der Waals surface area (Å²) < 4.78 is 23.6. The number of esters is 1. The van der Waals surface area contributed by atoms with Crippen molar-refractivity contribution in [1.29, 1.82) is 0 Å². The fourth-order valence-corrected chi connectivity index (χ4v) is 2.13. The van der Waals surface area contributed by atoms with Crippen molar-refractivity contribution >= 4 is 17.6 Å². The Balaban J connectivity index is 1.95. The van der Waals surface area contributed by atoms with Gasteiger partial charge in [-0.05, 0) is 48.7 Å². The summed E-state index contributed by atoms with van der Waals surface area (Å²) >= 11 is 5.97. The van der Waals surface area contributed by atoms with E-state index in [9.17, 15) is 9.18 Å². The highest BCUT2D eigenvalue weighted by molar-refractivity contribution is 6.32. The highest BCUT2D eigenvalue weighted by atomic mass is 35.5. The lowest BCUT2D eigenvalue weighted by Crippen LogP contribution is -2.09. The van der Waals surface area contributed by atoms with E-state index in [2.05, 4.69) is 0 Å². The number of hydrogen-bond acceptors (Lipinski definition) is 3. The Labute approximate surface area is 133 Å². The van der Waals surface area contributed by atoms with Gasteiger partial charge in [0.2, 0.25) is 0 Å². The first-order valence-corrected chi connectivity index (χ1v) is 7.16. The summed E-state index contributed by atoms with van der Waals surface area (Å²) in [6, 6.07) is 9.82. The molecule has 5 heteroatoms. The van der Waals surface area contributed by atoms with Gasteiger partial charge < -0.3 is 9.47 Å². The van der Waals surface area contributed by atoms with Crippen LogP contribution >= 0.6 is 11.6 Å². The summed E-state index contributed by atoms with van der Waals surface area (Å²) in [5.41, 5.74) is 1.65. The van der Waals surface area contributed by atoms with Crippen LogP contribution in [0.4, 0.5) is 4.39 Å². The monoisotopic (exact) mass is 322 g/mol. The van der Waals surface area contributed by atoms with Gasteiger partial charge in [0.1, 0.15) is 5.75 Å². The minimum atomic E-state index is -0.449. The third-order valence-electron chi connectivity index (χ3n) is 3.14. The molecule has 22 heavy (non-hydrogen) atoms. The normalized spacial score (nSPS) is 10.4. The van der Waals surface area contributed by atoms with Crippen molar-refractivity contribution in [3.05, 3.63) is 58.4 Å². The van der Waals surface area contributed by atoms with Gasteiger partial charge in [-0.3, -0.25) is 4.79 Å². The predicted octanol–water partition coefficient (Wildman–Crippen LogP) is 4.33. The number of halogens is 2. The van der Waals surface area contributed by atoms with Gasteiger partial charge >= 0.3 is 5.97 Å². The van der Waals surface area contributed by atoms with Gasteiger partial charge in [0, 0.05) is 6.42 Å². The second-order valence-electron chi connectivity index (χ2n) is 4.88. The molecule has 0 saturated heterocycles. The quantitative estimate of drug-likeness (QED) is 0.607. The van der Waals surface area contributed by atoms with Crippen molar-refractivity contribution < 1.29 is 18.7 Å². The minimum Gasteiger partial charge on any atom is -0.494 e.